The minimum atomic E-state index is -0.286. The molecule has 1 amide bonds. The summed E-state index contributed by atoms with van der Waals surface area (Å²) >= 11 is 0. The van der Waals surface area contributed by atoms with Gasteiger partial charge in [0, 0.05) is 30.0 Å². The number of aliphatic hydroxyl groups is 1. The highest BCUT2D eigenvalue weighted by Gasteiger charge is 2.51. The molecule has 1 aromatic rings. The Morgan fingerprint density at radius 2 is 2.24 bits per heavy atom. The minimum Gasteiger partial charge on any atom is -0.454 e. The largest absolute Gasteiger partial charge is 0.454 e. The van der Waals surface area contributed by atoms with Crippen LogP contribution >= 0.6 is 0 Å². The first-order valence-electron chi connectivity index (χ1n) is 7.09. The zero-order chi connectivity index (χ0) is 14.4. The van der Waals surface area contributed by atoms with Crippen molar-refractivity contribution in [3.05, 3.63) is 23.8 Å². The maximum Gasteiger partial charge on any atom is 0.254 e. The molecular weight excluding hydrogens is 274 g/mol. The molecule has 0 unspecified atom stereocenters. The van der Waals surface area contributed by atoms with E-state index in [1.54, 1.807) is 23.1 Å². The highest BCUT2D eigenvalue weighted by molar-refractivity contribution is 5.95. The van der Waals surface area contributed by atoms with Crippen molar-refractivity contribution in [2.24, 2.45) is 11.3 Å². The van der Waals surface area contributed by atoms with E-state index in [4.69, 9.17) is 14.2 Å². The molecule has 21 heavy (non-hydrogen) atoms. The molecule has 112 valence electrons. The molecule has 0 radical (unpaired) electrons. The topological polar surface area (TPSA) is 68.2 Å². The maximum atomic E-state index is 12.6. The molecule has 3 aliphatic heterocycles. The predicted molar refractivity (Wildman–Crippen MR) is 72.3 cm³/mol. The van der Waals surface area contributed by atoms with Gasteiger partial charge in [0.2, 0.25) is 6.79 Å². The molecule has 4 rings (SSSR count). The van der Waals surface area contributed by atoms with Gasteiger partial charge in [-0.3, -0.25) is 4.79 Å². The lowest BCUT2D eigenvalue weighted by atomic mass is 9.82. The van der Waals surface area contributed by atoms with Crippen LogP contribution in [0.5, 0.6) is 11.5 Å². The van der Waals surface area contributed by atoms with Crippen LogP contribution in [0.15, 0.2) is 18.2 Å². The van der Waals surface area contributed by atoms with Gasteiger partial charge in [-0.15, -0.1) is 0 Å². The van der Waals surface area contributed by atoms with Gasteiger partial charge in [0.1, 0.15) is 0 Å². The Morgan fingerprint density at radius 3 is 3.05 bits per heavy atom. The number of fused-ring (bicyclic) bond motifs is 2. The first-order valence-corrected chi connectivity index (χ1v) is 7.09. The number of likely N-dealkylation sites (tertiary alicyclic amines) is 1. The number of carbonyl (C=O) groups is 1. The molecule has 1 N–H and O–H groups in total. The number of aliphatic hydroxyl groups excluding tert-OH is 1. The highest BCUT2D eigenvalue weighted by atomic mass is 16.7. The fourth-order valence-corrected chi connectivity index (χ4v) is 3.42. The number of carbonyl (C=O) groups excluding carboxylic acids is 1. The van der Waals surface area contributed by atoms with Crippen molar-refractivity contribution in [3.63, 3.8) is 0 Å². The van der Waals surface area contributed by atoms with Crippen molar-refractivity contribution in [3.8, 4) is 11.5 Å². The zero-order valence-corrected chi connectivity index (χ0v) is 11.6. The van der Waals surface area contributed by atoms with E-state index in [1.165, 1.54) is 0 Å². The second kappa shape index (κ2) is 4.61. The number of ether oxygens (including phenoxy) is 3. The molecule has 0 saturated carbocycles. The fourth-order valence-electron chi connectivity index (χ4n) is 3.42. The standard InChI is InChI=1S/C15H17NO5/c17-7-15-6-16(4-11(15)5-19-8-15)14(18)10-1-2-12-13(3-10)21-9-20-12/h1-3,11,17H,4-9H2/t11-,15-/m0/s1. The van der Waals surface area contributed by atoms with E-state index < -0.39 is 0 Å². The summed E-state index contributed by atoms with van der Waals surface area (Å²) in [5.74, 6) is 1.47. The summed E-state index contributed by atoms with van der Waals surface area (Å²) in [6, 6.07) is 5.24. The maximum absolute atomic E-state index is 12.6. The first-order chi connectivity index (χ1) is 10.2. The van der Waals surface area contributed by atoms with E-state index >= 15 is 0 Å². The van der Waals surface area contributed by atoms with E-state index in [0.29, 0.717) is 43.4 Å². The third kappa shape index (κ3) is 1.90. The van der Waals surface area contributed by atoms with E-state index in [-0.39, 0.29) is 30.6 Å². The van der Waals surface area contributed by atoms with Crippen LogP contribution in [0.3, 0.4) is 0 Å². The van der Waals surface area contributed by atoms with Gasteiger partial charge in [0.05, 0.1) is 19.8 Å². The molecule has 2 fully saturated rings. The van der Waals surface area contributed by atoms with Crippen LogP contribution in [0.4, 0.5) is 0 Å². The second-order valence-electron chi connectivity index (χ2n) is 5.99. The molecule has 2 saturated heterocycles. The van der Waals surface area contributed by atoms with Gasteiger partial charge in [0.15, 0.2) is 11.5 Å². The molecule has 6 nitrogen and oxygen atoms in total. The monoisotopic (exact) mass is 291 g/mol. The molecule has 0 aromatic heterocycles. The van der Waals surface area contributed by atoms with Crippen LogP contribution in [0.2, 0.25) is 0 Å². The van der Waals surface area contributed by atoms with Crippen molar-refractivity contribution < 1.29 is 24.1 Å². The number of hydrogen-bond donors (Lipinski definition) is 1. The predicted octanol–water partition coefficient (Wildman–Crippen LogP) is 0.496. The Labute approximate surface area is 122 Å². The summed E-state index contributed by atoms with van der Waals surface area (Å²) in [7, 11) is 0. The van der Waals surface area contributed by atoms with Crippen LogP contribution in [0.25, 0.3) is 0 Å². The number of hydrogen-bond acceptors (Lipinski definition) is 5. The van der Waals surface area contributed by atoms with Crippen molar-refractivity contribution in [2.45, 2.75) is 0 Å². The number of amides is 1. The lowest BCUT2D eigenvalue weighted by molar-refractivity contribution is 0.0630. The summed E-state index contributed by atoms with van der Waals surface area (Å²) in [5.41, 5.74) is 0.305. The summed E-state index contributed by atoms with van der Waals surface area (Å²) in [4.78, 5) is 14.4. The van der Waals surface area contributed by atoms with Gasteiger partial charge in [-0.05, 0) is 18.2 Å². The smallest absolute Gasteiger partial charge is 0.254 e. The average molecular weight is 291 g/mol. The Balaban J connectivity index is 1.56. The lowest BCUT2D eigenvalue weighted by Gasteiger charge is -2.24. The van der Waals surface area contributed by atoms with Crippen molar-refractivity contribution >= 4 is 5.91 Å². The molecule has 0 bridgehead atoms. The quantitative estimate of drug-likeness (QED) is 0.859. The van der Waals surface area contributed by atoms with Gasteiger partial charge in [0.25, 0.3) is 5.91 Å². The van der Waals surface area contributed by atoms with Crippen molar-refractivity contribution in [1.29, 1.82) is 0 Å². The molecule has 0 aliphatic carbocycles. The van der Waals surface area contributed by atoms with Crippen molar-refractivity contribution in [1.82, 2.24) is 4.90 Å². The van der Waals surface area contributed by atoms with Gasteiger partial charge in [-0.1, -0.05) is 0 Å². The Hall–Kier alpha value is -1.79. The molecule has 3 aliphatic rings. The SMILES string of the molecule is O=C(c1ccc2c(c1)OCO2)N1C[C@H]2COC[C@@]2(CO)C1. The normalized spacial score (nSPS) is 29.8. The van der Waals surface area contributed by atoms with Crippen molar-refractivity contribution in [2.75, 3.05) is 39.7 Å². The summed E-state index contributed by atoms with van der Waals surface area (Å²) in [6.07, 6.45) is 0. The zero-order valence-electron chi connectivity index (χ0n) is 11.6. The van der Waals surface area contributed by atoms with Crippen LogP contribution in [-0.2, 0) is 4.74 Å². The fraction of sp³-hybridized carbons (Fsp3) is 0.533. The Bertz CT molecular complexity index is 589. The molecule has 3 heterocycles. The van der Waals surface area contributed by atoms with Crippen LogP contribution < -0.4 is 9.47 Å². The Kier molecular flexibility index (Phi) is 2.83. The molecule has 1 aromatic carbocycles. The number of benzene rings is 1. The minimum absolute atomic E-state index is 0.0319. The highest BCUT2D eigenvalue weighted by Crippen LogP contribution is 2.41. The van der Waals surface area contributed by atoms with Gasteiger partial charge < -0.3 is 24.2 Å². The third-order valence-electron chi connectivity index (χ3n) is 4.74. The van der Waals surface area contributed by atoms with E-state index in [2.05, 4.69) is 0 Å². The van der Waals surface area contributed by atoms with Crippen LogP contribution in [0.1, 0.15) is 10.4 Å². The molecule has 2 atom stereocenters. The number of rotatable bonds is 2. The van der Waals surface area contributed by atoms with E-state index in [0.717, 1.165) is 0 Å². The van der Waals surface area contributed by atoms with Crippen LogP contribution in [0, 0.1) is 11.3 Å². The molecule has 6 heteroatoms. The number of nitrogens with zero attached hydrogens (tertiary/aromatic N) is 1. The van der Waals surface area contributed by atoms with Gasteiger partial charge in [-0.2, -0.15) is 0 Å². The third-order valence-corrected chi connectivity index (χ3v) is 4.74. The average Bonchev–Trinajstić information content (AvgIpc) is 3.18. The van der Waals surface area contributed by atoms with Gasteiger partial charge in [-0.25, -0.2) is 0 Å². The van der Waals surface area contributed by atoms with Gasteiger partial charge >= 0.3 is 0 Å². The lowest BCUT2D eigenvalue weighted by Crippen LogP contribution is -2.36. The summed E-state index contributed by atoms with van der Waals surface area (Å²) in [5, 5.41) is 9.67. The van der Waals surface area contributed by atoms with Crippen LogP contribution in [-0.4, -0.2) is 55.6 Å². The summed E-state index contributed by atoms with van der Waals surface area (Å²) in [6.45, 7) is 2.58. The second-order valence-corrected chi connectivity index (χ2v) is 5.99. The molecular formula is C15H17NO5. The van der Waals surface area contributed by atoms with E-state index in [1.807, 2.05) is 0 Å². The Morgan fingerprint density at radius 1 is 1.38 bits per heavy atom. The van der Waals surface area contributed by atoms with E-state index in [9.17, 15) is 9.90 Å². The molecule has 0 spiro atoms. The first kappa shape index (κ1) is 12.9. The summed E-state index contributed by atoms with van der Waals surface area (Å²) < 4.78 is 16.0.